The van der Waals surface area contributed by atoms with Gasteiger partial charge >= 0.3 is 0 Å². The van der Waals surface area contributed by atoms with E-state index in [4.69, 9.17) is 10.5 Å². The van der Waals surface area contributed by atoms with Crippen LogP contribution in [0.5, 0.6) is 0 Å². The third kappa shape index (κ3) is 3.19. The van der Waals surface area contributed by atoms with Crippen molar-refractivity contribution in [2.75, 3.05) is 46.9 Å². The summed E-state index contributed by atoms with van der Waals surface area (Å²) in [6, 6.07) is 1.22. The minimum Gasteiger partial charge on any atom is -0.381 e. The van der Waals surface area contributed by atoms with Gasteiger partial charge in [0.2, 0.25) is 0 Å². The molecule has 0 amide bonds. The SMILES string of the molecule is CN(C)C1CCCN(C(CN)C2CCOC2)C1. The summed E-state index contributed by atoms with van der Waals surface area (Å²) in [7, 11) is 4.37. The Morgan fingerprint density at radius 3 is 2.82 bits per heavy atom. The Morgan fingerprint density at radius 2 is 2.24 bits per heavy atom. The van der Waals surface area contributed by atoms with Crippen LogP contribution < -0.4 is 5.73 Å². The molecule has 4 heteroatoms. The van der Waals surface area contributed by atoms with Crippen LogP contribution in [0.3, 0.4) is 0 Å². The number of likely N-dealkylation sites (tertiary alicyclic amines) is 1. The molecule has 2 rings (SSSR count). The summed E-state index contributed by atoms with van der Waals surface area (Å²) in [5.74, 6) is 0.654. The Hall–Kier alpha value is -0.160. The van der Waals surface area contributed by atoms with Crippen LogP contribution in [-0.4, -0.2) is 68.8 Å². The van der Waals surface area contributed by atoms with E-state index in [1.54, 1.807) is 0 Å². The van der Waals surface area contributed by atoms with Crippen LogP contribution in [0.15, 0.2) is 0 Å². The lowest BCUT2D eigenvalue weighted by Gasteiger charge is -2.42. The summed E-state index contributed by atoms with van der Waals surface area (Å²) in [5, 5.41) is 0. The molecule has 0 aromatic heterocycles. The number of ether oxygens (including phenoxy) is 1. The molecule has 3 atom stereocenters. The second kappa shape index (κ2) is 6.14. The highest BCUT2D eigenvalue weighted by Crippen LogP contribution is 2.24. The van der Waals surface area contributed by atoms with E-state index in [0.29, 0.717) is 18.0 Å². The molecule has 0 spiro atoms. The number of piperidine rings is 1. The second-order valence-electron chi connectivity index (χ2n) is 5.68. The van der Waals surface area contributed by atoms with E-state index in [2.05, 4.69) is 23.9 Å². The zero-order valence-electron chi connectivity index (χ0n) is 11.3. The lowest BCUT2D eigenvalue weighted by atomic mass is 9.94. The van der Waals surface area contributed by atoms with Crippen molar-refractivity contribution in [2.45, 2.75) is 31.3 Å². The molecule has 2 heterocycles. The van der Waals surface area contributed by atoms with Crippen molar-refractivity contribution in [3.8, 4) is 0 Å². The molecular weight excluding hydrogens is 214 g/mol. The minimum absolute atomic E-state index is 0.528. The van der Waals surface area contributed by atoms with E-state index < -0.39 is 0 Å². The molecule has 0 saturated carbocycles. The van der Waals surface area contributed by atoms with E-state index in [0.717, 1.165) is 19.8 Å². The van der Waals surface area contributed by atoms with E-state index >= 15 is 0 Å². The zero-order valence-corrected chi connectivity index (χ0v) is 11.3. The first-order valence-corrected chi connectivity index (χ1v) is 6.90. The van der Waals surface area contributed by atoms with Crippen molar-refractivity contribution in [3.05, 3.63) is 0 Å². The average Bonchev–Trinajstić information content (AvgIpc) is 2.84. The number of rotatable bonds is 4. The van der Waals surface area contributed by atoms with Gasteiger partial charge in [0.15, 0.2) is 0 Å². The maximum Gasteiger partial charge on any atom is 0.0510 e. The molecule has 17 heavy (non-hydrogen) atoms. The fourth-order valence-electron chi connectivity index (χ4n) is 3.20. The van der Waals surface area contributed by atoms with Crippen molar-refractivity contribution in [3.63, 3.8) is 0 Å². The van der Waals surface area contributed by atoms with Crippen LogP contribution in [0.25, 0.3) is 0 Å². The van der Waals surface area contributed by atoms with Crippen LogP contribution in [0, 0.1) is 5.92 Å². The highest BCUT2D eigenvalue weighted by atomic mass is 16.5. The van der Waals surface area contributed by atoms with Gasteiger partial charge in [-0.05, 0) is 39.9 Å². The smallest absolute Gasteiger partial charge is 0.0510 e. The molecule has 2 fully saturated rings. The summed E-state index contributed by atoms with van der Waals surface area (Å²) >= 11 is 0. The predicted octanol–water partition coefficient (Wildman–Crippen LogP) is 0.376. The van der Waals surface area contributed by atoms with Gasteiger partial charge in [-0.25, -0.2) is 0 Å². The summed E-state index contributed by atoms with van der Waals surface area (Å²) < 4.78 is 5.51. The molecule has 0 aliphatic carbocycles. The Bertz CT molecular complexity index is 229. The van der Waals surface area contributed by atoms with Gasteiger partial charge in [-0.2, -0.15) is 0 Å². The molecule has 0 aromatic carbocycles. The van der Waals surface area contributed by atoms with Crippen molar-refractivity contribution in [2.24, 2.45) is 11.7 Å². The second-order valence-corrected chi connectivity index (χ2v) is 5.68. The van der Waals surface area contributed by atoms with E-state index in [9.17, 15) is 0 Å². The van der Waals surface area contributed by atoms with Crippen molar-refractivity contribution in [1.82, 2.24) is 9.80 Å². The molecule has 3 unspecified atom stereocenters. The molecule has 0 aromatic rings. The maximum atomic E-state index is 5.99. The van der Waals surface area contributed by atoms with Gasteiger partial charge in [-0.3, -0.25) is 4.90 Å². The van der Waals surface area contributed by atoms with Crippen LogP contribution >= 0.6 is 0 Å². The van der Waals surface area contributed by atoms with Crippen LogP contribution in [0.1, 0.15) is 19.3 Å². The fourth-order valence-corrected chi connectivity index (χ4v) is 3.20. The summed E-state index contributed by atoms with van der Waals surface area (Å²) in [4.78, 5) is 4.96. The first kappa shape index (κ1) is 13.3. The summed E-state index contributed by atoms with van der Waals surface area (Å²) in [5.41, 5.74) is 5.99. The van der Waals surface area contributed by atoms with Crippen LogP contribution in [0.2, 0.25) is 0 Å². The van der Waals surface area contributed by atoms with Gasteiger partial charge in [-0.15, -0.1) is 0 Å². The third-order valence-corrected chi connectivity index (χ3v) is 4.38. The van der Waals surface area contributed by atoms with Gasteiger partial charge in [0.25, 0.3) is 0 Å². The Balaban J connectivity index is 1.93. The molecule has 4 nitrogen and oxygen atoms in total. The zero-order chi connectivity index (χ0) is 12.3. The van der Waals surface area contributed by atoms with Gasteiger partial charge < -0.3 is 15.4 Å². The predicted molar refractivity (Wildman–Crippen MR) is 70.1 cm³/mol. The third-order valence-electron chi connectivity index (χ3n) is 4.38. The average molecular weight is 241 g/mol. The summed E-state index contributed by atoms with van der Waals surface area (Å²) in [6.07, 6.45) is 3.81. The normalized spacial score (nSPS) is 33.2. The van der Waals surface area contributed by atoms with Gasteiger partial charge in [0.05, 0.1) is 6.61 Å². The Labute approximate surface area is 105 Å². The topological polar surface area (TPSA) is 41.7 Å². The first-order chi connectivity index (χ1) is 8.22. The number of likely N-dealkylation sites (N-methyl/N-ethyl adjacent to an activating group) is 1. The number of hydrogen-bond acceptors (Lipinski definition) is 4. The highest BCUT2D eigenvalue weighted by Gasteiger charge is 2.32. The van der Waals surface area contributed by atoms with E-state index in [1.165, 1.54) is 32.4 Å². The summed E-state index contributed by atoms with van der Waals surface area (Å²) in [6.45, 7) is 4.99. The lowest BCUT2D eigenvalue weighted by molar-refractivity contribution is 0.0663. The fraction of sp³-hybridized carbons (Fsp3) is 1.00. The van der Waals surface area contributed by atoms with Crippen LogP contribution in [0.4, 0.5) is 0 Å². The maximum absolute atomic E-state index is 5.99. The van der Waals surface area contributed by atoms with E-state index in [1.807, 2.05) is 0 Å². The van der Waals surface area contributed by atoms with Gasteiger partial charge in [0, 0.05) is 37.7 Å². The Kier molecular flexibility index (Phi) is 4.79. The molecule has 2 aliphatic rings. The minimum atomic E-state index is 0.528. The van der Waals surface area contributed by atoms with Crippen LogP contribution in [-0.2, 0) is 4.74 Å². The van der Waals surface area contributed by atoms with Crippen molar-refractivity contribution < 1.29 is 4.74 Å². The number of nitrogens with two attached hydrogens (primary N) is 1. The molecule has 100 valence electrons. The number of nitrogens with zero attached hydrogens (tertiary/aromatic N) is 2. The molecule has 0 radical (unpaired) electrons. The van der Waals surface area contributed by atoms with Crippen molar-refractivity contribution in [1.29, 1.82) is 0 Å². The Morgan fingerprint density at radius 1 is 1.41 bits per heavy atom. The van der Waals surface area contributed by atoms with Gasteiger partial charge in [0.1, 0.15) is 0 Å². The monoisotopic (exact) mass is 241 g/mol. The number of hydrogen-bond donors (Lipinski definition) is 1. The molecule has 2 saturated heterocycles. The van der Waals surface area contributed by atoms with Gasteiger partial charge in [-0.1, -0.05) is 0 Å². The molecule has 2 aliphatic heterocycles. The largest absolute Gasteiger partial charge is 0.381 e. The molecule has 2 N–H and O–H groups in total. The highest BCUT2D eigenvalue weighted by molar-refractivity contribution is 4.88. The first-order valence-electron chi connectivity index (χ1n) is 6.90. The standard InChI is InChI=1S/C13H27N3O/c1-15(2)12-4-3-6-16(9-12)13(8-14)11-5-7-17-10-11/h11-13H,3-10,14H2,1-2H3. The van der Waals surface area contributed by atoms with E-state index in [-0.39, 0.29) is 0 Å². The molecule has 0 bridgehead atoms. The van der Waals surface area contributed by atoms with Crippen molar-refractivity contribution >= 4 is 0 Å². The molecular formula is C13H27N3O. The quantitative estimate of drug-likeness (QED) is 0.772. The lowest BCUT2D eigenvalue weighted by Crippen LogP contribution is -2.53.